The molecule has 0 bridgehead atoms. The highest BCUT2D eigenvalue weighted by atomic mass is 32.2. The molecule has 2 N–H and O–H groups in total. The molecule has 6 heteroatoms. The smallest absolute Gasteiger partial charge is 0.0701 e. The van der Waals surface area contributed by atoms with Crippen molar-refractivity contribution >= 4 is 16.5 Å². The lowest BCUT2D eigenvalue weighted by Gasteiger charge is -2.08. The third-order valence-corrected chi connectivity index (χ3v) is 4.14. The number of nitrogen functional groups attached to an aromatic ring is 1. The van der Waals surface area contributed by atoms with Crippen LogP contribution in [0.2, 0.25) is 0 Å². The van der Waals surface area contributed by atoms with Gasteiger partial charge in [0.25, 0.3) is 0 Å². The molecule has 114 valence electrons. The van der Waals surface area contributed by atoms with E-state index < -0.39 is 10.8 Å². The maximum Gasteiger partial charge on any atom is 0.0701 e. The lowest BCUT2D eigenvalue weighted by Crippen LogP contribution is -2.12. The van der Waals surface area contributed by atoms with E-state index in [1.165, 1.54) is 0 Å². The van der Waals surface area contributed by atoms with Crippen LogP contribution >= 0.6 is 0 Å². The zero-order valence-corrected chi connectivity index (χ0v) is 12.9. The zero-order chi connectivity index (χ0) is 14.8. The molecular formula is C14H23NO4S. The fourth-order valence-corrected chi connectivity index (χ4v) is 2.75. The van der Waals surface area contributed by atoms with Crippen LogP contribution < -0.4 is 5.73 Å². The van der Waals surface area contributed by atoms with Gasteiger partial charge in [-0.1, -0.05) is 6.07 Å². The normalized spacial score (nSPS) is 12.5. The minimum Gasteiger partial charge on any atom is -0.399 e. The van der Waals surface area contributed by atoms with Crippen LogP contribution in [0, 0.1) is 6.92 Å². The van der Waals surface area contributed by atoms with Gasteiger partial charge in [-0.05, 0) is 24.6 Å². The number of hydrogen-bond acceptors (Lipinski definition) is 5. The lowest BCUT2D eigenvalue weighted by molar-refractivity contribution is 0.0285. The quantitative estimate of drug-likeness (QED) is 0.522. The first-order valence-electron chi connectivity index (χ1n) is 6.54. The minimum absolute atomic E-state index is 0.439. The number of benzene rings is 1. The minimum atomic E-state index is -1.08. The third-order valence-electron chi connectivity index (χ3n) is 2.67. The summed E-state index contributed by atoms with van der Waals surface area (Å²) >= 11 is 0. The van der Waals surface area contributed by atoms with Crippen molar-refractivity contribution in [1.82, 2.24) is 0 Å². The van der Waals surface area contributed by atoms with Crippen molar-refractivity contribution in [2.24, 2.45) is 0 Å². The Bertz CT molecular complexity index is 426. The Morgan fingerprint density at radius 1 is 1.10 bits per heavy atom. The highest BCUT2D eigenvalue weighted by molar-refractivity contribution is 7.85. The summed E-state index contributed by atoms with van der Waals surface area (Å²) in [6.45, 7) is 4.53. The van der Waals surface area contributed by atoms with E-state index in [0.29, 0.717) is 44.5 Å². The molecule has 20 heavy (non-hydrogen) atoms. The third kappa shape index (κ3) is 6.47. The van der Waals surface area contributed by atoms with Gasteiger partial charge in [-0.25, -0.2) is 0 Å². The number of aryl methyl sites for hydroxylation is 1. The molecule has 0 heterocycles. The molecule has 1 atom stereocenters. The predicted molar refractivity (Wildman–Crippen MR) is 80.4 cm³/mol. The number of hydrogen-bond donors (Lipinski definition) is 1. The second-order valence-corrected chi connectivity index (χ2v) is 5.83. The van der Waals surface area contributed by atoms with Gasteiger partial charge < -0.3 is 19.9 Å². The zero-order valence-electron chi connectivity index (χ0n) is 12.1. The molecule has 0 radical (unpaired) electrons. The topological polar surface area (TPSA) is 70.8 Å². The first-order valence-corrected chi connectivity index (χ1v) is 7.86. The van der Waals surface area contributed by atoms with Gasteiger partial charge in [0.05, 0.1) is 49.6 Å². The van der Waals surface area contributed by atoms with Gasteiger partial charge in [-0.2, -0.15) is 0 Å². The molecule has 0 saturated carbocycles. The van der Waals surface area contributed by atoms with Gasteiger partial charge in [0.2, 0.25) is 0 Å². The monoisotopic (exact) mass is 301 g/mol. The lowest BCUT2D eigenvalue weighted by atomic mass is 10.2. The van der Waals surface area contributed by atoms with Gasteiger partial charge in [0.1, 0.15) is 0 Å². The van der Waals surface area contributed by atoms with E-state index in [4.69, 9.17) is 19.9 Å². The molecule has 0 fully saturated rings. The number of anilines is 1. The van der Waals surface area contributed by atoms with Crippen LogP contribution in [-0.2, 0) is 25.0 Å². The van der Waals surface area contributed by atoms with Gasteiger partial charge in [-0.3, -0.25) is 4.21 Å². The molecule has 1 aromatic rings. The maximum absolute atomic E-state index is 12.1. The van der Waals surface area contributed by atoms with Crippen LogP contribution in [0.25, 0.3) is 0 Å². The van der Waals surface area contributed by atoms with Gasteiger partial charge in [-0.15, -0.1) is 0 Å². The second kappa shape index (κ2) is 9.88. The maximum atomic E-state index is 12.1. The second-order valence-electron chi connectivity index (χ2n) is 4.29. The van der Waals surface area contributed by atoms with Crippen molar-refractivity contribution in [3.05, 3.63) is 23.8 Å². The molecule has 1 aromatic carbocycles. The van der Waals surface area contributed by atoms with E-state index in [9.17, 15) is 4.21 Å². The Morgan fingerprint density at radius 2 is 1.75 bits per heavy atom. The molecular weight excluding hydrogens is 278 g/mol. The largest absolute Gasteiger partial charge is 0.399 e. The molecule has 0 aliphatic heterocycles. The summed E-state index contributed by atoms with van der Waals surface area (Å²) in [6.07, 6.45) is 0. The molecule has 1 unspecified atom stereocenters. The molecule has 1 rings (SSSR count). The standard InChI is InChI=1S/C14H23NO4S/c1-12-3-4-13(15)11-14(12)20(16)10-9-19-8-7-18-6-5-17-2/h3-4,11H,5-10,15H2,1-2H3. The van der Waals surface area contributed by atoms with Crippen molar-refractivity contribution in [3.8, 4) is 0 Å². The fourth-order valence-electron chi connectivity index (χ4n) is 1.57. The van der Waals surface area contributed by atoms with E-state index in [1.807, 2.05) is 19.1 Å². The van der Waals surface area contributed by atoms with Crippen LogP contribution in [0.4, 0.5) is 5.69 Å². The predicted octanol–water partition coefficient (Wildman–Crippen LogP) is 1.36. The van der Waals surface area contributed by atoms with Crippen molar-refractivity contribution in [2.75, 3.05) is 51.6 Å². The molecule has 0 aliphatic carbocycles. The summed E-state index contributed by atoms with van der Waals surface area (Å²) in [5.41, 5.74) is 7.32. The average Bonchev–Trinajstić information content (AvgIpc) is 2.44. The number of ether oxygens (including phenoxy) is 3. The van der Waals surface area contributed by atoms with Gasteiger partial charge in [0, 0.05) is 17.7 Å². The van der Waals surface area contributed by atoms with E-state index in [1.54, 1.807) is 13.2 Å². The van der Waals surface area contributed by atoms with Crippen molar-refractivity contribution < 1.29 is 18.4 Å². The average molecular weight is 301 g/mol. The van der Waals surface area contributed by atoms with Crippen LogP contribution in [0.15, 0.2) is 23.1 Å². The molecule has 0 spiro atoms. The molecule has 0 aliphatic rings. The molecule has 0 aromatic heterocycles. The summed E-state index contributed by atoms with van der Waals surface area (Å²) in [6, 6.07) is 5.45. The van der Waals surface area contributed by atoms with E-state index in [2.05, 4.69) is 0 Å². The Balaban J connectivity index is 2.18. The summed E-state index contributed by atoms with van der Waals surface area (Å²) in [7, 11) is 0.551. The van der Waals surface area contributed by atoms with Crippen LogP contribution in [0.1, 0.15) is 5.56 Å². The van der Waals surface area contributed by atoms with Crippen molar-refractivity contribution in [3.63, 3.8) is 0 Å². The van der Waals surface area contributed by atoms with Crippen LogP contribution in [0.3, 0.4) is 0 Å². The Hall–Kier alpha value is -0.950. The van der Waals surface area contributed by atoms with E-state index in [0.717, 1.165) is 10.5 Å². The number of rotatable bonds is 10. The van der Waals surface area contributed by atoms with E-state index >= 15 is 0 Å². The first-order chi connectivity index (χ1) is 9.65. The van der Waals surface area contributed by atoms with Crippen molar-refractivity contribution in [1.29, 1.82) is 0 Å². The van der Waals surface area contributed by atoms with Gasteiger partial charge in [0.15, 0.2) is 0 Å². The Labute approximate surface area is 122 Å². The molecule has 0 saturated heterocycles. The number of nitrogens with two attached hydrogens (primary N) is 1. The fraction of sp³-hybridized carbons (Fsp3) is 0.571. The van der Waals surface area contributed by atoms with Crippen LogP contribution in [-0.4, -0.2) is 50.1 Å². The highest BCUT2D eigenvalue weighted by Gasteiger charge is 2.07. The molecule has 5 nitrogen and oxygen atoms in total. The first kappa shape index (κ1) is 17.1. The SMILES string of the molecule is COCCOCCOCCS(=O)c1cc(N)ccc1C. The van der Waals surface area contributed by atoms with Crippen molar-refractivity contribution in [2.45, 2.75) is 11.8 Å². The number of methoxy groups -OCH3 is 1. The highest BCUT2D eigenvalue weighted by Crippen LogP contribution is 2.16. The molecule has 0 amide bonds. The Morgan fingerprint density at radius 3 is 2.45 bits per heavy atom. The summed E-state index contributed by atoms with van der Waals surface area (Å²) in [5, 5.41) is 0. The summed E-state index contributed by atoms with van der Waals surface area (Å²) in [5.74, 6) is 0.461. The Kier molecular flexibility index (Phi) is 8.45. The summed E-state index contributed by atoms with van der Waals surface area (Å²) in [4.78, 5) is 0.782. The van der Waals surface area contributed by atoms with Crippen LogP contribution in [0.5, 0.6) is 0 Å². The summed E-state index contributed by atoms with van der Waals surface area (Å²) < 4.78 is 27.6. The van der Waals surface area contributed by atoms with E-state index in [-0.39, 0.29) is 0 Å². The van der Waals surface area contributed by atoms with Gasteiger partial charge >= 0.3 is 0 Å².